The van der Waals surface area contributed by atoms with Crippen molar-refractivity contribution >= 4 is 5.91 Å². The van der Waals surface area contributed by atoms with Crippen molar-refractivity contribution in [2.45, 2.75) is 38.6 Å². The maximum atomic E-state index is 12.4. The molecule has 6 nitrogen and oxygen atoms in total. The lowest BCUT2D eigenvalue weighted by Gasteiger charge is -2.31. The van der Waals surface area contributed by atoms with E-state index in [4.69, 9.17) is 0 Å². The molecule has 0 saturated carbocycles. The average molecular weight is 299 g/mol. The van der Waals surface area contributed by atoms with Crippen LogP contribution in [0.1, 0.15) is 55.0 Å². The lowest BCUT2D eigenvalue weighted by molar-refractivity contribution is 0.0704. The van der Waals surface area contributed by atoms with E-state index in [1.807, 2.05) is 17.0 Å². The van der Waals surface area contributed by atoms with Crippen molar-refractivity contribution in [1.82, 2.24) is 24.6 Å². The maximum Gasteiger partial charge on any atom is 0.272 e. The molecule has 0 aliphatic carbocycles. The van der Waals surface area contributed by atoms with Crippen molar-refractivity contribution < 1.29 is 4.79 Å². The minimum absolute atomic E-state index is 0.0179. The summed E-state index contributed by atoms with van der Waals surface area (Å²) < 4.78 is 2.13. The number of carbonyl (C=O) groups excluding carboxylic acids is 1. The van der Waals surface area contributed by atoms with E-state index >= 15 is 0 Å². The third-order valence-corrected chi connectivity index (χ3v) is 4.19. The van der Waals surface area contributed by atoms with Crippen LogP contribution in [0.3, 0.4) is 0 Å². The van der Waals surface area contributed by atoms with Gasteiger partial charge in [-0.1, -0.05) is 6.07 Å². The molecule has 3 heterocycles. The molecule has 0 N–H and O–H groups in total. The number of amides is 1. The molecule has 2 aromatic heterocycles. The lowest BCUT2D eigenvalue weighted by atomic mass is 9.95. The van der Waals surface area contributed by atoms with Gasteiger partial charge in [-0.25, -0.2) is 0 Å². The van der Waals surface area contributed by atoms with Gasteiger partial charge in [-0.15, -0.1) is 10.2 Å². The van der Waals surface area contributed by atoms with Crippen molar-refractivity contribution in [3.63, 3.8) is 0 Å². The number of rotatable bonds is 3. The van der Waals surface area contributed by atoms with Crippen LogP contribution in [0.25, 0.3) is 0 Å². The molecule has 0 bridgehead atoms. The highest BCUT2D eigenvalue weighted by Gasteiger charge is 2.28. The minimum atomic E-state index is 0.0179. The van der Waals surface area contributed by atoms with Crippen LogP contribution in [0.5, 0.6) is 0 Å². The summed E-state index contributed by atoms with van der Waals surface area (Å²) in [5.74, 6) is 1.43. The topological polar surface area (TPSA) is 63.9 Å². The van der Waals surface area contributed by atoms with Crippen molar-refractivity contribution in [2.75, 3.05) is 13.1 Å². The number of aromatic nitrogens is 4. The van der Waals surface area contributed by atoms with Gasteiger partial charge in [0.25, 0.3) is 5.91 Å². The molecule has 0 aromatic carbocycles. The van der Waals surface area contributed by atoms with Crippen LogP contribution in [0.15, 0.2) is 30.7 Å². The van der Waals surface area contributed by atoms with Gasteiger partial charge in [0.15, 0.2) is 0 Å². The highest BCUT2D eigenvalue weighted by molar-refractivity contribution is 5.92. The van der Waals surface area contributed by atoms with E-state index in [9.17, 15) is 4.79 Å². The molecule has 2 aromatic rings. The predicted octanol–water partition coefficient (Wildman–Crippen LogP) is 2.27. The standard InChI is InChI=1S/C16H21N5O/c1-12(2)21-11-18-19-15(21)13-6-9-20(10-7-13)16(22)14-5-3-4-8-17-14/h3-5,8,11-13H,6-7,9-10H2,1-2H3. The summed E-state index contributed by atoms with van der Waals surface area (Å²) in [6.45, 7) is 5.75. The number of carbonyl (C=O) groups is 1. The van der Waals surface area contributed by atoms with Crippen LogP contribution in [0.2, 0.25) is 0 Å². The third-order valence-electron chi connectivity index (χ3n) is 4.19. The quantitative estimate of drug-likeness (QED) is 0.872. The highest BCUT2D eigenvalue weighted by atomic mass is 16.2. The van der Waals surface area contributed by atoms with E-state index in [1.165, 1.54) is 0 Å². The van der Waals surface area contributed by atoms with Gasteiger partial charge in [0.1, 0.15) is 17.8 Å². The molecule has 1 fully saturated rings. The third kappa shape index (κ3) is 2.86. The molecular formula is C16H21N5O. The van der Waals surface area contributed by atoms with E-state index in [2.05, 4.69) is 33.6 Å². The average Bonchev–Trinajstić information content (AvgIpc) is 3.05. The zero-order valence-electron chi connectivity index (χ0n) is 13.0. The summed E-state index contributed by atoms with van der Waals surface area (Å²) in [4.78, 5) is 18.4. The van der Waals surface area contributed by atoms with Crippen LogP contribution in [-0.4, -0.2) is 43.6 Å². The number of pyridine rings is 1. The Morgan fingerprint density at radius 3 is 2.68 bits per heavy atom. The first-order chi connectivity index (χ1) is 10.7. The van der Waals surface area contributed by atoms with Gasteiger partial charge in [0.2, 0.25) is 0 Å². The molecule has 0 spiro atoms. The largest absolute Gasteiger partial charge is 0.337 e. The van der Waals surface area contributed by atoms with Gasteiger partial charge in [-0.2, -0.15) is 0 Å². The van der Waals surface area contributed by atoms with Gasteiger partial charge in [0.05, 0.1) is 0 Å². The summed E-state index contributed by atoms with van der Waals surface area (Å²) in [6.07, 6.45) is 5.30. The van der Waals surface area contributed by atoms with Crippen molar-refractivity contribution in [3.05, 3.63) is 42.2 Å². The first-order valence-corrected chi connectivity index (χ1v) is 7.76. The van der Waals surface area contributed by atoms with Crippen molar-refractivity contribution in [1.29, 1.82) is 0 Å². The SMILES string of the molecule is CC(C)n1cnnc1C1CCN(C(=O)c2ccccn2)CC1. The van der Waals surface area contributed by atoms with Crippen LogP contribution in [0.4, 0.5) is 0 Å². The van der Waals surface area contributed by atoms with Crippen LogP contribution >= 0.6 is 0 Å². The normalized spacial score (nSPS) is 16.2. The second-order valence-electron chi connectivity index (χ2n) is 5.97. The smallest absolute Gasteiger partial charge is 0.272 e. The molecule has 1 aliphatic heterocycles. The van der Waals surface area contributed by atoms with Gasteiger partial charge in [-0.3, -0.25) is 9.78 Å². The van der Waals surface area contributed by atoms with Crippen LogP contribution in [0, 0.1) is 0 Å². The first-order valence-electron chi connectivity index (χ1n) is 7.76. The Morgan fingerprint density at radius 1 is 1.27 bits per heavy atom. The van der Waals surface area contributed by atoms with E-state index in [0.29, 0.717) is 17.7 Å². The predicted molar refractivity (Wildman–Crippen MR) is 82.5 cm³/mol. The second-order valence-corrected chi connectivity index (χ2v) is 5.97. The zero-order chi connectivity index (χ0) is 15.5. The number of nitrogens with zero attached hydrogens (tertiary/aromatic N) is 5. The Balaban J connectivity index is 1.65. The van der Waals surface area contributed by atoms with Crippen LogP contribution < -0.4 is 0 Å². The first kappa shape index (κ1) is 14.7. The monoisotopic (exact) mass is 299 g/mol. The molecule has 6 heteroatoms. The maximum absolute atomic E-state index is 12.4. The molecule has 0 radical (unpaired) electrons. The van der Waals surface area contributed by atoms with Crippen molar-refractivity contribution in [3.8, 4) is 0 Å². The van der Waals surface area contributed by atoms with Gasteiger partial charge < -0.3 is 9.47 Å². The summed E-state index contributed by atoms with van der Waals surface area (Å²) >= 11 is 0. The zero-order valence-corrected chi connectivity index (χ0v) is 13.0. The Kier molecular flexibility index (Phi) is 4.18. The molecule has 1 aliphatic rings. The summed E-state index contributed by atoms with van der Waals surface area (Å²) in [7, 11) is 0. The summed E-state index contributed by atoms with van der Waals surface area (Å²) in [6, 6.07) is 5.79. The molecule has 3 rings (SSSR count). The van der Waals surface area contributed by atoms with Crippen LogP contribution in [-0.2, 0) is 0 Å². The van der Waals surface area contributed by atoms with Gasteiger partial charge in [0, 0.05) is 31.2 Å². The Hall–Kier alpha value is -2.24. The van der Waals surface area contributed by atoms with E-state index in [0.717, 1.165) is 31.8 Å². The summed E-state index contributed by atoms with van der Waals surface area (Å²) in [5.41, 5.74) is 0.520. The Morgan fingerprint density at radius 2 is 2.05 bits per heavy atom. The number of hydrogen-bond acceptors (Lipinski definition) is 4. The van der Waals surface area contributed by atoms with E-state index in [-0.39, 0.29) is 5.91 Å². The molecule has 22 heavy (non-hydrogen) atoms. The highest BCUT2D eigenvalue weighted by Crippen LogP contribution is 2.28. The van der Waals surface area contributed by atoms with Crippen molar-refractivity contribution in [2.24, 2.45) is 0 Å². The summed E-state index contributed by atoms with van der Waals surface area (Å²) in [5, 5.41) is 8.33. The molecule has 0 unspecified atom stereocenters. The fourth-order valence-corrected chi connectivity index (χ4v) is 2.93. The molecular weight excluding hydrogens is 278 g/mol. The van der Waals surface area contributed by atoms with Gasteiger partial charge in [-0.05, 0) is 38.8 Å². The second kappa shape index (κ2) is 6.25. The minimum Gasteiger partial charge on any atom is -0.337 e. The van der Waals surface area contributed by atoms with E-state index in [1.54, 1.807) is 18.6 Å². The molecule has 0 atom stereocenters. The molecule has 1 amide bonds. The number of hydrogen-bond donors (Lipinski definition) is 0. The number of piperidine rings is 1. The lowest BCUT2D eigenvalue weighted by Crippen LogP contribution is -2.38. The molecule has 116 valence electrons. The Bertz CT molecular complexity index is 629. The van der Waals surface area contributed by atoms with Gasteiger partial charge >= 0.3 is 0 Å². The van der Waals surface area contributed by atoms with E-state index < -0.39 is 0 Å². The Labute approximate surface area is 130 Å². The molecule has 1 saturated heterocycles. The number of likely N-dealkylation sites (tertiary alicyclic amines) is 1. The fraction of sp³-hybridized carbons (Fsp3) is 0.500. The fourth-order valence-electron chi connectivity index (χ4n) is 2.93.